The SMILES string of the molecule is Cc1cc(Nc2nc(-c3ccccc3)nc3cc([SH](=O)=O)ccc23)n[nH]1. The molecule has 0 atom stereocenters. The fourth-order valence-electron chi connectivity index (χ4n) is 2.65. The monoisotopic (exact) mass is 365 g/mol. The zero-order valence-corrected chi connectivity index (χ0v) is 14.7. The zero-order valence-electron chi connectivity index (χ0n) is 13.8. The van der Waals surface area contributed by atoms with E-state index in [2.05, 4.69) is 25.5 Å². The molecule has 0 amide bonds. The quantitative estimate of drug-likeness (QED) is 0.481. The van der Waals surface area contributed by atoms with Crippen LogP contribution in [0.5, 0.6) is 0 Å². The summed E-state index contributed by atoms with van der Waals surface area (Å²) in [5.41, 5.74) is 2.30. The smallest absolute Gasteiger partial charge is 0.168 e. The molecule has 2 heterocycles. The number of thiol groups is 1. The minimum absolute atomic E-state index is 0.215. The predicted octanol–water partition coefficient (Wildman–Crippen LogP) is 3.04. The molecule has 0 unspecified atom stereocenters. The first-order chi connectivity index (χ1) is 12.6. The number of hydrogen-bond acceptors (Lipinski definition) is 6. The van der Waals surface area contributed by atoms with Gasteiger partial charge in [-0.05, 0) is 25.1 Å². The molecule has 0 aliphatic carbocycles. The Hall–Kier alpha value is -3.26. The van der Waals surface area contributed by atoms with Crippen LogP contribution in [0.15, 0.2) is 59.5 Å². The van der Waals surface area contributed by atoms with Crippen molar-refractivity contribution < 1.29 is 8.42 Å². The van der Waals surface area contributed by atoms with E-state index in [4.69, 9.17) is 0 Å². The van der Waals surface area contributed by atoms with Crippen molar-refractivity contribution in [3.63, 3.8) is 0 Å². The van der Waals surface area contributed by atoms with Crippen molar-refractivity contribution in [2.75, 3.05) is 5.32 Å². The van der Waals surface area contributed by atoms with E-state index in [-0.39, 0.29) is 4.90 Å². The molecule has 130 valence electrons. The summed E-state index contributed by atoms with van der Waals surface area (Å²) in [5.74, 6) is 1.69. The van der Waals surface area contributed by atoms with Crippen LogP contribution in [0.4, 0.5) is 11.6 Å². The molecule has 2 N–H and O–H groups in total. The summed E-state index contributed by atoms with van der Waals surface area (Å²) in [6.45, 7) is 1.91. The second-order valence-electron chi connectivity index (χ2n) is 5.78. The van der Waals surface area contributed by atoms with Gasteiger partial charge in [-0.25, -0.2) is 18.4 Å². The second-order valence-corrected chi connectivity index (χ2v) is 6.81. The first-order valence-electron chi connectivity index (χ1n) is 7.91. The number of fused-ring (bicyclic) bond motifs is 1. The van der Waals surface area contributed by atoms with Crippen LogP contribution in [-0.2, 0) is 10.7 Å². The Morgan fingerprint density at radius 1 is 1.00 bits per heavy atom. The minimum atomic E-state index is -2.69. The molecule has 0 saturated heterocycles. The van der Waals surface area contributed by atoms with Crippen molar-refractivity contribution in [1.82, 2.24) is 20.2 Å². The van der Waals surface area contributed by atoms with Crippen molar-refractivity contribution >= 4 is 33.2 Å². The fourth-order valence-corrected chi connectivity index (χ4v) is 3.07. The van der Waals surface area contributed by atoms with E-state index in [0.717, 1.165) is 11.3 Å². The Kier molecular flexibility index (Phi) is 4.10. The second kappa shape index (κ2) is 6.57. The van der Waals surface area contributed by atoms with Gasteiger partial charge in [-0.2, -0.15) is 5.10 Å². The van der Waals surface area contributed by atoms with Crippen LogP contribution in [0, 0.1) is 6.92 Å². The van der Waals surface area contributed by atoms with Crippen LogP contribution in [-0.4, -0.2) is 28.6 Å². The highest BCUT2D eigenvalue weighted by Crippen LogP contribution is 2.28. The highest BCUT2D eigenvalue weighted by molar-refractivity contribution is 7.72. The van der Waals surface area contributed by atoms with Crippen LogP contribution in [0.1, 0.15) is 5.69 Å². The summed E-state index contributed by atoms with van der Waals surface area (Å²) >= 11 is 0. The number of anilines is 2. The van der Waals surface area contributed by atoms with Gasteiger partial charge in [0.25, 0.3) is 0 Å². The number of aromatic nitrogens is 4. The van der Waals surface area contributed by atoms with Gasteiger partial charge < -0.3 is 5.32 Å². The lowest BCUT2D eigenvalue weighted by molar-refractivity contribution is 0.614. The van der Waals surface area contributed by atoms with Crippen molar-refractivity contribution in [2.45, 2.75) is 11.8 Å². The van der Waals surface area contributed by atoms with E-state index in [1.165, 1.54) is 0 Å². The van der Waals surface area contributed by atoms with Crippen LogP contribution in [0.3, 0.4) is 0 Å². The van der Waals surface area contributed by atoms with Gasteiger partial charge in [0.2, 0.25) is 0 Å². The highest BCUT2D eigenvalue weighted by Gasteiger charge is 2.12. The minimum Gasteiger partial charge on any atom is -0.323 e. The molecule has 4 rings (SSSR count). The Bertz CT molecular complexity index is 1160. The average Bonchev–Trinajstić information content (AvgIpc) is 3.06. The van der Waals surface area contributed by atoms with Crippen LogP contribution < -0.4 is 5.32 Å². The number of rotatable bonds is 4. The van der Waals surface area contributed by atoms with E-state index in [1.807, 2.05) is 43.3 Å². The maximum atomic E-state index is 11.3. The van der Waals surface area contributed by atoms with E-state index in [1.54, 1.807) is 18.2 Å². The van der Waals surface area contributed by atoms with Gasteiger partial charge in [0.15, 0.2) is 22.3 Å². The molecular formula is C18H15N5O2S. The number of nitrogens with one attached hydrogen (secondary N) is 2. The first kappa shape index (κ1) is 16.2. The maximum absolute atomic E-state index is 11.3. The Morgan fingerprint density at radius 3 is 2.50 bits per heavy atom. The molecular weight excluding hydrogens is 350 g/mol. The largest absolute Gasteiger partial charge is 0.323 e. The molecule has 0 saturated carbocycles. The molecule has 0 bridgehead atoms. The summed E-state index contributed by atoms with van der Waals surface area (Å²) in [4.78, 5) is 9.39. The lowest BCUT2D eigenvalue weighted by Gasteiger charge is -2.10. The standard InChI is InChI=1S/C18H15N5O2S/c1-11-9-16(23-22-11)20-18-14-8-7-13(26(24)25)10-15(14)19-17(21-18)12-5-3-2-4-6-12/h2-10,26H,1H3,(H2,19,20,21,22,23). The van der Waals surface area contributed by atoms with E-state index >= 15 is 0 Å². The lowest BCUT2D eigenvalue weighted by atomic mass is 10.2. The van der Waals surface area contributed by atoms with Gasteiger partial charge in [0, 0.05) is 22.7 Å². The van der Waals surface area contributed by atoms with Crippen LogP contribution in [0.25, 0.3) is 22.3 Å². The van der Waals surface area contributed by atoms with Gasteiger partial charge in [0.1, 0.15) is 5.82 Å². The Balaban J connectivity index is 1.92. The average molecular weight is 365 g/mol. The summed E-state index contributed by atoms with van der Waals surface area (Å²) in [6.07, 6.45) is 0. The molecule has 2 aromatic heterocycles. The van der Waals surface area contributed by atoms with E-state index in [0.29, 0.717) is 28.4 Å². The number of hydrogen-bond donors (Lipinski definition) is 3. The number of benzene rings is 2. The Labute approximate surface area is 151 Å². The van der Waals surface area contributed by atoms with E-state index in [9.17, 15) is 8.42 Å². The molecule has 8 heteroatoms. The molecule has 7 nitrogen and oxygen atoms in total. The summed E-state index contributed by atoms with van der Waals surface area (Å²) in [5, 5.41) is 10.9. The van der Waals surface area contributed by atoms with Crippen molar-refractivity contribution in [2.24, 2.45) is 0 Å². The molecule has 0 aliphatic heterocycles. The molecule has 4 aromatic rings. The highest BCUT2D eigenvalue weighted by atomic mass is 32.2. The molecule has 0 fully saturated rings. The number of aryl methyl sites for hydroxylation is 1. The molecule has 26 heavy (non-hydrogen) atoms. The van der Waals surface area contributed by atoms with Gasteiger partial charge >= 0.3 is 0 Å². The maximum Gasteiger partial charge on any atom is 0.168 e. The van der Waals surface area contributed by atoms with Gasteiger partial charge in [0.05, 0.1) is 10.4 Å². The van der Waals surface area contributed by atoms with Crippen molar-refractivity contribution in [3.8, 4) is 11.4 Å². The van der Waals surface area contributed by atoms with Crippen molar-refractivity contribution in [1.29, 1.82) is 0 Å². The molecule has 0 spiro atoms. The van der Waals surface area contributed by atoms with E-state index < -0.39 is 10.7 Å². The molecule has 0 radical (unpaired) electrons. The summed E-state index contributed by atoms with van der Waals surface area (Å²) < 4.78 is 22.7. The van der Waals surface area contributed by atoms with Gasteiger partial charge in [-0.15, -0.1) is 0 Å². The van der Waals surface area contributed by atoms with Gasteiger partial charge in [-0.1, -0.05) is 30.3 Å². The predicted molar refractivity (Wildman–Crippen MR) is 100 cm³/mol. The third-order valence-corrected chi connectivity index (χ3v) is 4.58. The Morgan fingerprint density at radius 2 is 1.81 bits per heavy atom. The third kappa shape index (κ3) is 3.14. The number of aromatic amines is 1. The molecule has 2 aromatic carbocycles. The normalized spacial score (nSPS) is 11.2. The zero-order chi connectivity index (χ0) is 18.1. The molecule has 0 aliphatic rings. The van der Waals surface area contributed by atoms with Crippen LogP contribution in [0.2, 0.25) is 0 Å². The number of nitrogens with zero attached hydrogens (tertiary/aromatic N) is 3. The van der Waals surface area contributed by atoms with Gasteiger partial charge in [-0.3, -0.25) is 5.10 Å². The fraction of sp³-hybridized carbons (Fsp3) is 0.0556. The first-order valence-corrected chi connectivity index (χ1v) is 9.08. The van der Waals surface area contributed by atoms with Crippen molar-refractivity contribution in [3.05, 3.63) is 60.3 Å². The summed E-state index contributed by atoms with van der Waals surface area (Å²) in [7, 11) is -2.69. The lowest BCUT2D eigenvalue weighted by Crippen LogP contribution is -2.00. The van der Waals surface area contributed by atoms with Crippen LogP contribution >= 0.6 is 0 Å². The topological polar surface area (TPSA) is 101 Å². The summed E-state index contributed by atoms with van der Waals surface area (Å²) in [6, 6.07) is 16.2. The third-order valence-electron chi connectivity index (χ3n) is 3.88. The number of H-pyrrole nitrogens is 1.